The van der Waals surface area contributed by atoms with Gasteiger partial charge in [-0.05, 0) is 44.9 Å². The quantitative estimate of drug-likeness (QED) is 0.437. The zero-order chi connectivity index (χ0) is 12.8. The number of unbranched alkanes of at least 4 members (excludes halogenated alkanes) is 3. The van der Waals surface area contributed by atoms with E-state index in [2.05, 4.69) is 32.1 Å². The SMILES string of the molecule is CCCC(=CCCC=CCCCCO)CCC.O. The van der Waals surface area contributed by atoms with Crippen LogP contribution in [0.1, 0.15) is 71.6 Å². The zero-order valence-electron chi connectivity index (χ0n) is 12.3. The number of hydrogen-bond acceptors (Lipinski definition) is 1. The number of hydrogen-bond donors (Lipinski definition) is 1. The van der Waals surface area contributed by atoms with Crippen LogP contribution in [-0.4, -0.2) is 17.2 Å². The molecule has 0 heterocycles. The molecule has 0 unspecified atom stereocenters. The van der Waals surface area contributed by atoms with Gasteiger partial charge in [-0.15, -0.1) is 0 Å². The average molecular weight is 256 g/mol. The molecular formula is C16H32O2. The molecule has 3 N–H and O–H groups in total. The molecule has 0 saturated carbocycles. The van der Waals surface area contributed by atoms with Crippen LogP contribution in [-0.2, 0) is 0 Å². The summed E-state index contributed by atoms with van der Waals surface area (Å²) in [6.07, 6.45) is 17.6. The van der Waals surface area contributed by atoms with Gasteiger partial charge in [-0.2, -0.15) is 0 Å². The van der Waals surface area contributed by atoms with Crippen LogP contribution in [0.25, 0.3) is 0 Å². The highest BCUT2D eigenvalue weighted by Gasteiger charge is 1.93. The molecule has 0 aromatic heterocycles. The van der Waals surface area contributed by atoms with E-state index in [4.69, 9.17) is 5.11 Å². The van der Waals surface area contributed by atoms with Gasteiger partial charge in [-0.25, -0.2) is 0 Å². The molecule has 0 aliphatic heterocycles. The predicted octanol–water partition coefficient (Wildman–Crippen LogP) is 4.19. The van der Waals surface area contributed by atoms with Gasteiger partial charge in [0.15, 0.2) is 0 Å². The molecule has 108 valence electrons. The molecule has 0 aliphatic rings. The minimum Gasteiger partial charge on any atom is -0.412 e. The second-order valence-corrected chi connectivity index (χ2v) is 4.63. The second-order valence-electron chi connectivity index (χ2n) is 4.63. The van der Waals surface area contributed by atoms with Crippen LogP contribution >= 0.6 is 0 Å². The molecule has 18 heavy (non-hydrogen) atoms. The summed E-state index contributed by atoms with van der Waals surface area (Å²) in [5.74, 6) is 0. The summed E-state index contributed by atoms with van der Waals surface area (Å²) in [5.41, 5.74) is 1.64. The van der Waals surface area contributed by atoms with Gasteiger partial charge in [0.25, 0.3) is 0 Å². The van der Waals surface area contributed by atoms with Crippen LogP contribution in [0, 0.1) is 0 Å². The molecule has 0 fully saturated rings. The summed E-state index contributed by atoms with van der Waals surface area (Å²) < 4.78 is 0. The highest BCUT2D eigenvalue weighted by molar-refractivity contribution is 5.02. The third kappa shape index (κ3) is 13.5. The Morgan fingerprint density at radius 3 is 2.06 bits per heavy atom. The molecule has 2 heteroatoms. The molecular weight excluding hydrogens is 224 g/mol. The fraction of sp³-hybridized carbons (Fsp3) is 0.750. The number of aliphatic hydroxyl groups excluding tert-OH is 1. The number of allylic oxidation sites excluding steroid dienone is 4. The molecule has 0 aromatic carbocycles. The minimum absolute atomic E-state index is 0. The van der Waals surface area contributed by atoms with Gasteiger partial charge in [-0.3, -0.25) is 0 Å². The van der Waals surface area contributed by atoms with Gasteiger partial charge in [0.2, 0.25) is 0 Å². The maximum atomic E-state index is 8.64. The van der Waals surface area contributed by atoms with Crippen molar-refractivity contribution in [1.29, 1.82) is 0 Å². The normalized spacial score (nSPS) is 10.4. The highest BCUT2D eigenvalue weighted by atomic mass is 16.2. The lowest BCUT2D eigenvalue weighted by molar-refractivity contribution is 0.285. The van der Waals surface area contributed by atoms with Crippen molar-refractivity contribution in [3.8, 4) is 0 Å². The molecule has 0 rings (SSSR count). The summed E-state index contributed by atoms with van der Waals surface area (Å²) >= 11 is 0. The first-order valence-corrected chi connectivity index (χ1v) is 7.28. The number of rotatable bonds is 11. The summed E-state index contributed by atoms with van der Waals surface area (Å²) in [6, 6.07) is 0. The van der Waals surface area contributed by atoms with E-state index >= 15 is 0 Å². The van der Waals surface area contributed by atoms with Crippen LogP contribution in [0.3, 0.4) is 0 Å². The van der Waals surface area contributed by atoms with Crippen LogP contribution in [0.5, 0.6) is 0 Å². The zero-order valence-corrected chi connectivity index (χ0v) is 12.3. The van der Waals surface area contributed by atoms with Crippen LogP contribution < -0.4 is 0 Å². The van der Waals surface area contributed by atoms with Crippen molar-refractivity contribution in [2.45, 2.75) is 71.6 Å². The summed E-state index contributed by atoms with van der Waals surface area (Å²) in [6.45, 7) is 4.84. The fourth-order valence-corrected chi connectivity index (χ4v) is 1.96. The molecule has 0 radical (unpaired) electrons. The summed E-state index contributed by atoms with van der Waals surface area (Å²) in [4.78, 5) is 0. The Balaban J connectivity index is 0. The minimum atomic E-state index is 0. The lowest BCUT2D eigenvalue weighted by Gasteiger charge is -2.03. The van der Waals surface area contributed by atoms with Crippen molar-refractivity contribution in [3.05, 3.63) is 23.8 Å². The van der Waals surface area contributed by atoms with Crippen molar-refractivity contribution < 1.29 is 10.6 Å². The maximum absolute atomic E-state index is 8.64. The summed E-state index contributed by atoms with van der Waals surface area (Å²) in [7, 11) is 0. The maximum Gasteiger partial charge on any atom is 0.0431 e. The molecule has 0 bridgehead atoms. The monoisotopic (exact) mass is 256 g/mol. The molecule has 0 aliphatic carbocycles. The van der Waals surface area contributed by atoms with E-state index in [1.165, 1.54) is 32.1 Å². The Kier molecular flexibility index (Phi) is 18.0. The molecule has 0 spiro atoms. The Morgan fingerprint density at radius 2 is 1.50 bits per heavy atom. The summed E-state index contributed by atoms with van der Waals surface area (Å²) in [5, 5.41) is 8.64. The van der Waals surface area contributed by atoms with Gasteiger partial charge in [0, 0.05) is 6.61 Å². The third-order valence-electron chi connectivity index (χ3n) is 2.85. The van der Waals surface area contributed by atoms with E-state index in [-0.39, 0.29) is 5.48 Å². The smallest absolute Gasteiger partial charge is 0.0431 e. The van der Waals surface area contributed by atoms with E-state index < -0.39 is 0 Å². The predicted molar refractivity (Wildman–Crippen MR) is 80.8 cm³/mol. The Bertz CT molecular complexity index is 199. The van der Waals surface area contributed by atoms with Crippen LogP contribution in [0.15, 0.2) is 23.8 Å². The third-order valence-corrected chi connectivity index (χ3v) is 2.85. The van der Waals surface area contributed by atoms with Gasteiger partial charge >= 0.3 is 0 Å². The van der Waals surface area contributed by atoms with Crippen LogP contribution in [0.4, 0.5) is 0 Å². The largest absolute Gasteiger partial charge is 0.412 e. The first-order valence-electron chi connectivity index (χ1n) is 7.28. The Hall–Kier alpha value is -0.600. The van der Waals surface area contributed by atoms with Crippen molar-refractivity contribution in [2.24, 2.45) is 0 Å². The highest BCUT2D eigenvalue weighted by Crippen LogP contribution is 2.13. The molecule has 2 nitrogen and oxygen atoms in total. The van der Waals surface area contributed by atoms with E-state index in [0.717, 1.165) is 25.7 Å². The lowest BCUT2D eigenvalue weighted by atomic mass is 10.0. The molecule has 0 amide bonds. The molecule has 0 aromatic rings. The first-order chi connectivity index (χ1) is 8.35. The fourth-order valence-electron chi connectivity index (χ4n) is 1.96. The van der Waals surface area contributed by atoms with E-state index in [9.17, 15) is 0 Å². The van der Waals surface area contributed by atoms with Crippen molar-refractivity contribution in [3.63, 3.8) is 0 Å². The first kappa shape index (κ1) is 19.7. The van der Waals surface area contributed by atoms with Gasteiger partial charge in [0.05, 0.1) is 0 Å². The lowest BCUT2D eigenvalue weighted by Crippen LogP contribution is -1.83. The average Bonchev–Trinajstić information content (AvgIpc) is 2.33. The van der Waals surface area contributed by atoms with Crippen LogP contribution in [0.2, 0.25) is 0 Å². The Morgan fingerprint density at radius 1 is 0.889 bits per heavy atom. The standard InChI is InChI=1S/C16H30O.H2O/c1-3-12-16(13-4-2)14-10-8-6-5-7-9-11-15-17;/h5-6,14,17H,3-4,7-13,15H2,1-2H3;1H2. The van der Waals surface area contributed by atoms with Gasteiger partial charge in [-0.1, -0.05) is 50.5 Å². The van der Waals surface area contributed by atoms with E-state index in [1.54, 1.807) is 5.57 Å². The Labute approximate surface area is 113 Å². The van der Waals surface area contributed by atoms with E-state index in [0.29, 0.717) is 6.61 Å². The molecule has 0 saturated heterocycles. The second kappa shape index (κ2) is 16.4. The number of aliphatic hydroxyl groups is 1. The topological polar surface area (TPSA) is 51.7 Å². The van der Waals surface area contributed by atoms with Gasteiger partial charge < -0.3 is 10.6 Å². The van der Waals surface area contributed by atoms with E-state index in [1.807, 2.05) is 0 Å². The molecule has 0 atom stereocenters. The van der Waals surface area contributed by atoms with Crippen molar-refractivity contribution in [1.82, 2.24) is 0 Å². The van der Waals surface area contributed by atoms with Crippen molar-refractivity contribution >= 4 is 0 Å². The van der Waals surface area contributed by atoms with Crippen molar-refractivity contribution in [2.75, 3.05) is 6.61 Å². The van der Waals surface area contributed by atoms with Gasteiger partial charge in [0.1, 0.15) is 0 Å².